The first-order valence-electron chi connectivity index (χ1n) is 8.03. The molecule has 0 radical (unpaired) electrons. The minimum Gasteiger partial charge on any atom is -0.494 e. The van der Waals surface area contributed by atoms with Crippen LogP contribution in [0.2, 0.25) is 0 Å². The van der Waals surface area contributed by atoms with Crippen LogP contribution in [0.25, 0.3) is 11.4 Å². The summed E-state index contributed by atoms with van der Waals surface area (Å²) in [6.07, 6.45) is 2.16. The molecule has 24 heavy (non-hydrogen) atoms. The van der Waals surface area contributed by atoms with Gasteiger partial charge in [-0.25, -0.2) is 15.0 Å². The average molecular weight is 392 g/mol. The van der Waals surface area contributed by atoms with Crippen LogP contribution in [0.1, 0.15) is 30.0 Å². The lowest BCUT2D eigenvalue weighted by atomic mass is 9.90. The van der Waals surface area contributed by atoms with Crippen LogP contribution in [0.4, 0.5) is 5.95 Å². The normalized spacial score (nSPS) is 16.3. The lowest BCUT2D eigenvalue weighted by molar-refractivity contribution is 0.253. The number of aromatic nitrogens is 3. The third-order valence-electron chi connectivity index (χ3n) is 4.57. The summed E-state index contributed by atoms with van der Waals surface area (Å²) in [5.41, 5.74) is 9.52. The van der Waals surface area contributed by atoms with Crippen LogP contribution in [0.15, 0.2) is 16.7 Å². The van der Waals surface area contributed by atoms with Crippen LogP contribution in [-0.2, 0) is 0 Å². The quantitative estimate of drug-likeness (QED) is 0.810. The summed E-state index contributed by atoms with van der Waals surface area (Å²) in [4.78, 5) is 15.9. The zero-order valence-electron chi connectivity index (χ0n) is 14.2. The van der Waals surface area contributed by atoms with E-state index in [1.165, 1.54) is 0 Å². The van der Waals surface area contributed by atoms with Gasteiger partial charge < -0.3 is 15.4 Å². The number of anilines is 1. The van der Waals surface area contributed by atoms with E-state index >= 15 is 0 Å². The van der Waals surface area contributed by atoms with Crippen LogP contribution in [0, 0.1) is 6.92 Å². The molecule has 3 rings (SSSR count). The number of nitrogen functional groups attached to an aromatic ring is 1. The van der Waals surface area contributed by atoms with Gasteiger partial charge in [0.15, 0.2) is 0 Å². The van der Waals surface area contributed by atoms with Crippen molar-refractivity contribution in [3.8, 4) is 17.1 Å². The van der Waals surface area contributed by atoms with Gasteiger partial charge in [-0.1, -0.05) is 0 Å². The Kier molecular flexibility index (Phi) is 5.01. The fraction of sp³-hybridized carbons (Fsp3) is 0.471. The molecule has 0 aromatic carbocycles. The second kappa shape index (κ2) is 7.03. The van der Waals surface area contributed by atoms with Crippen molar-refractivity contribution in [2.75, 3.05) is 33.0 Å². The Morgan fingerprint density at radius 3 is 2.54 bits per heavy atom. The summed E-state index contributed by atoms with van der Waals surface area (Å²) >= 11 is 3.42. The van der Waals surface area contributed by atoms with Crippen molar-refractivity contribution < 1.29 is 4.74 Å². The molecule has 1 aliphatic heterocycles. The molecule has 7 heteroatoms. The van der Waals surface area contributed by atoms with Crippen LogP contribution >= 0.6 is 15.9 Å². The van der Waals surface area contributed by atoms with Gasteiger partial charge in [0, 0.05) is 5.92 Å². The summed E-state index contributed by atoms with van der Waals surface area (Å²) < 4.78 is 6.19. The smallest absolute Gasteiger partial charge is 0.220 e. The molecule has 0 bridgehead atoms. The number of nitrogens with two attached hydrogens (primary N) is 1. The van der Waals surface area contributed by atoms with Crippen molar-refractivity contribution in [3.05, 3.63) is 28.0 Å². The van der Waals surface area contributed by atoms with Crippen molar-refractivity contribution >= 4 is 21.9 Å². The highest BCUT2D eigenvalue weighted by Crippen LogP contribution is 2.36. The summed E-state index contributed by atoms with van der Waals surface area (Å²) in [7, 11) is 3.78. The second-order valence-corrected chi connectivity index (χ2v) is 7.02. The number of halogens is 1. The molecular weight excluding hydrogens is 370 g/mol. The Labute approximate surface area is 150 Å². The van der Waals surface area contributed by atoms with E-state index in [-0.39, 0.29) is 5.95 Å². The number of methoxy groups -OCH3 is 1. The maximum Gasteiger partial charge on any atom is 0.220 e. The Balaban J connectivity index is 2.08. The van der Waals surface area contributed by atoms with Gasteiger partial charge in [-0.2, -0.15) is 0 Å². The Bertz CT molecular complexity index is 744. The predicted octanol–water partition coefficient (Wildman–Crippen LogP) is 3.01. The maximum atomic E-state index is 6.02. The molecule has 2 aromatic rings. The first-order valence-corrected chi connectivity index (χ1v) is 8.82. The SMILES string of the molecule is COc1ccc(Br)nc1-c1nc(N)nc(C2CCN(C)CC2)c1C. The predicted molar refractivity (Wildman–Crippen MR) is 98.1 cm³/mol. The van der Waals surface area contributed by atoms with Crippen LogP contribution in [-0.4, -0.2) is 47.1 Å². The number of likely N-dealkylation sites (tertiary alicyclic amines) is 1. The number of ether oxygens (including phenoxy) is 1. The van der Waals surface area contributed by atoms with Crippen molar-refractivity contribution in [2.24, 2.45) is 0 Å². The number of rotatable bonds is 3. The zero-order chi connectivity index (χ0) is 17.3. The number of hydrogen-bond acceptors (Lipinski definition) is 6. The highest BCUT2D eigenvalue weighted by molar-refractivity contribution is 9.10. The monoisotopic (exact) mass is 391 g/mol. The minimum absolute atomic E-state index is 0.286. The van der Waals surface area contributed by atoms with E-state index in [0.717, 1.165) is 47.5 Å². The highest BCUT2D eigenvalue weighted by atomic mass is 79.9. The maximum absolute atomic E-state index is 6.02. The lowest BCUT2D eigenvalue weighted by Crippen LogP contribution is -2.30. The average Bonchev–Trinajstić information content (AvgIpc) is 2.57. The number of piperidine rings is 1. The van der Waals surface area contributed by atoms with E-state index in [2.05, 4.69) is 42.8 Å². The molecule has 0 amide bonds. The Morgan fingerprint density at radius 1 is 1.17 bits per heavy atom. The van der Waals surface area contributed by atoms with Crippen molar-refractivity contribution in [1.82, 2.24) is 19.9 Å². The summed E-state index contributed by atoms with van der Waals surface area (Å²) in [5.74, 6) is 1.37. The van der Waals surface area contributed by atoms with Gasteiger partial charge in [-0.15, -0.1) is 0 Å². The van der Waals surface area contributed by atoms with E-state index in [1.807, 2.05) is 19.1 Å². The highest BCUT2D eigenvalue weighted by Gasteiger charge is 2.25. The molecule has 6 nitrogen and oxygen atoms in total. The molecule has 128 valence electrons. The van der Waals surface area contributed by atoms with Gasteiger partial charge in [-0.3, -0.25) is 0 Å². The second-order valence-electron chi connectivity index (χ2n) is 6.20. The molecule has 0 spiro atoms. The van der Waals surface area contributed by atoms with E-state index in [1.54, 1.807) is 7.11 Å². The molecular formula is C17H22BrN5O. The van der Waals surface area contributed by atoms with Gasteiger partial charge >= 0.3 is 0 Å². The molecule has 0 atom stereocenters. The first kappa shape index (κ1) is 17.1. The van der Waals surface area contributed by atoms with Crippen molar-refractivity contribution in [1.29, 1.82) is 0 Å². The van der Waals surface area contributed by atoms with Crippen LogP contribution in [0.3, 0.4) is 0 Å². The first-order chi connectivity index (χ1) is 11.5. The van der Waals surface area contributed by atoms with E-state index in [0.29, 0.717) is 17.4 Å². The molecule has 1 aliphatic rings. The van der Waals surface area contributed by atoms with E-state index < -0.39 is 0 Å². The topological polar surface area (TPSA) is 77.2 Å². The molecule has 0 saturated carbocycles. The minimum atomic E-state index is 0.286. The summed E-state index contributed by atoms with van der Waals surface area (Å²) in [6.45, 7) is 4.19. The Morgan fingerprint density at radius 2 is 1.88 bits per heavy atom. The largest absolute Gasteiger partial charge is 0.494 e. The molecule has 2 aromatic heterocycles. The molecule has 0 aliphatic carbocycles. The number of nitrogens with zero attached hydrogens (tertiary/aromatic N) is 4. The fourth-order valence-corrected chi connectivity index (χ4v) is 3.53. The molecule has 0 unspecified atom stereocenters. The van der Waals surface area contributed by atoms with Gasteiger partial charge in [0.2, 0.25) is 5.95 Å². The van der Waals surface area contributed by atoms with Crippen LogP contribution in [0.5, 0.6) is 5.75 Å². The number of hydrogen-bond donors (Lipinski definition) is 1. The molecule has 1 fully saturated rings. The molecule has 1 saturated heterocycles. The van der Waals surface area contributed by atoms with Crippen LogP contribution < -0.4 is 10.5 Å². The van der Waals surface area contributed by atoms with Crippen molar-refractivity contribution in [3.63, 3.8) is 0 Å². The number of pyridine rings is 1. The third kappa shape index (κ3) is 3.37. The van der Waals surface area contributed by atoms with Crippen molar-refractivity contribution in [2.45, 2.75) is 25.7 Å². The summed E-state index contributed by atoms with van der Waals surface area (Å²) in [6, 6.07) is 3.72. The standard InChI is InChI=1S/C17H22BrN5O/c1-10-14(11-6-8-23(2)9-7-11)21-17(19)22-15(10)16-12(24-3)4-5-13(18)20-16/h4-5,11H,6-9H2,1-3H3,(H2,19,21,22). The molecule has 2 N–H and O–H groups in total. The third-order valence-corrected chi connectivity index (χ3v) is 5.02. The van der Waals surface area contributed by atoms with Gasteiger partial charge in [0.1, 0.15) is 21.7 Å². The van der Waals surface area contributed by atoms with E-state index in [9.17, 15) is 0 Å². The molecule has 3 heterocycles. The lowest BCUT2D eigenvalue weighted by Gasteiger charge is -2.29. The van der Waals surface area contributed by atoms with Gasteiger partial charge in [-0.05, 0) is 73.5 Å². The Hall–Kier alpha value is -1.73. The fourth-order valence-electron chi connectivity index (χ4n) is 3.22. The summed E-state index contributed by atoms with van der Waals surface area (Å²) in [5, 5.41) is 0. The van der Waals surface area contributed by atoms with E-state index in [4.69, 9.17) is 10.5 Å². The zero-order valence-corrected chi connectivity index (χ0v) is 15.8. The van der Waals surface area contributed by atoms with Gasteiger partial charge in [0.05, 0.1) is 12.8 Å². The van der Waals surface area contributed by atoms with Gasteiger partial charge in [0.25, 0.3) is 0 Å².